The van der Waals surface area contributed by atoms with Crippen molar-refractivity contribution in [2.24, 2.45) is 5.11 Å². The third-order valence-corrected chi connectivity index (χ3v) is 24.0. The Bertz CT molecular complexity index is 3070. The Morgan fingerprint density at radius 2 is 1.08 bits per heavy atom. The predicted octanol–water partition coefficient (Wildman–Crippen LogP) is 11.7. The molecule has 115 heavy (non-hydrogen) atoms. The smallest absolute Gasteiger partial charge is 0.408 e. The van der Waals surface area contributed by atoms with Gasteiger partial charge in [-0.1, -0.05) is 192 Å². The molecule has 1 aromatic carbocycles. The highest BCUT2D eigenvalue weighted by Crippen LogP contribution is 2.56. The van der Waals surface area contributed by atoms with E-state index in [1.165, 1.54) is 128 Å². The van der Waals surface area contributed by atoms with Gasteiger partial charge < -0.3 is 112 Å². The fourth-order valence-electron chi connectivity index (χ4n) is 16.5. The van der Waals surface area contributed by atoms with Crippen LogP contribution in [0.3, 0.4) is 0 Å². The van der Waals surface area contributed by atoms with Gasteiger partial charge in [0.05, 0.1) is 38.4 Å². The Morgan fingerprint density at radius 1 is 0.609 bits per heavy atom. The number of phosphoric acid groups is 1. The van der Waals surface area contributed by atoms with Crippen molar-refractivity contribution in [3.05, 3.63) is 34.2 Å². The number of aliphatic hydroxyl groups excluding tert-OH is 5. The maximum Gasteiger partial charge on any atom is 0.408 e. The number of azide groups is 1. The number of carbonyl (C=O) groups excluding carboxylic acids is 4. The van der Waals surface area contributed by atoms with E-state index in [0.29, 0.717) is 64.2 Å². The highest BCUT2D eigenvalue weighted by atomic mass is 31.2. The number of amides is 2. The van der Waals surface area contributed by atoms with Crippen molar-refractivity contribution in [1.29, 1.82) is 0 Å². The summed E-state index contributed by atoms with van der Waals surface area (Å²) in [6, 6.07) is 1.62. The summed E-state index contributed by atoms with van der Waals surface area (Å²) in [5.41, 5.74) is 7.53. The SMILES string of the molecule is CCCCCCCCCCCCCCCC(=O)OC[C@H](COP(=O)([O-])O[C@H]1[C@H](O[C@H]2O[C@H](CNC(=O)c3ccc(N=[N+]=[N-])cc3O)[C@@H](O[C@H]3O[C@H](CO)[C@@H](O)[C@H](O)[C@@H]3O)[C@H](O)[C@H]2NC(=O)OC(C)(C)C)[C@H]2OC3(CCCCC3)O[C@@H]2[C@H]2OC3(CCCCC3)O[C@H]21)OC(=O)CCCCCCCCCCCCCCC.CC[NH+](CC)CC. The summed E-state index contributed by atoms with van der Waals surface area (Å²) in [6.07, 6.45) is 6.87. The predicted molar refractivity (Wildman–Crippen MR) is 424 cm³/mol. The van der Waals surface area contributed by atoms with Crippen LogP contribution in [0.1, 0.15) is 310 Å². The van der Waals surface area contributed by atoms with Gasteiger partial charge in [0.1, 0.15) is 103 Å². The number of rotatable bonds is 49. The number of ether oxygens (including phenoxy) is 11. The van der Waals surface area contributed by atoms with Crippen molar-refractivity contribution in [2.75, 3.05) is 46.0 Å². The Balaban J connectivity index is 0.00000249. The van der Waals surface area contributed by atoms with E-state index in [2.05, 4.69) is 55.3 Å². The van der Waals surface area contributed by atoms with Crippen LogP contribution in [0.25, 0.3) is 10.4 Å². The molecule has 7 fully saturated rings. The number of hydrogen-bond acceptors (Lipinski definition) is 26. The molecule has 18 atom stereocenters. The largest absolute Gasteiger partial charge is 0.756 e. The van der Waals surface area contributed by atoms with Gasteiger partial charge in [0, 0.05) is 55.7 Å². The van der Waals surface area contributed by atoms with E-state index in [1.54, 1.807) is 25.7 Å². The van der Waals surface area contributed by atoms with Crippen molar-refractivity contribution < 1.29 is 125 Å². The minimum absolute atomic E-state index is 0.00908. The number of aromatic hydroxyl groups is 1. The first-order valence-electron chi connectivity index (χ1n) is 43.9. The molecule has 7 aliphatic rings. The molecule has 4 heterocycles. The van der Waals surface area contributed by atoms with Crippen LogP contribution in [0, 0.1) is 0 Å². The number of unbranched alkanes of at least 4 members (excludes halogenated alkanes) is 24. The van der Waals surface area contributed by atoms with Gasteiger partial charge in [-0.15, -0.1) is 0 Å². The van der Waals surface area contributed by atoms with E-state index in [-0.39, 0.29) is 24.1 Å². The maximum absolute atomic E-state index is 15.1. The molecule has 3 saturated carbocycles. The van der Waals surface area contributed by atoms with Crippen molar-refractivity contribution in [2.45, 2.75) is 421 Å². The summed E-state index contributed by atoms with van der Waals surface area (Å²) in [5, 5.41) is 75.8. The number of nitrogens with one attached hydrogen (secondary N) is 3. The number of phosphoric ester groups is 1. The summed E-state index contributed by atoms with van der Waals surface area (Å²) in [5.74, 6) is -5.31. The molecule has 2 spiro atoms. The molecular formula is C83H143N6O25P. The molecule has 0 radical (unpaired) electrons. The fourth-order valence-corrected chi connectivity index (χ4v) is 17.4. The summed E-state index contributed by atoms with van der Waals surface area (Å²) in [6.45, 7) is 16.7. The van der Waals surface area contributed by atoms with Crippen molar-refractivity contribution in [3.8, 4) is 5.75 Å². The minimum Gasteiger partial charge on any atom is -0.756 e. The molecule has 4 saturated heterocycles. The number of esters is 2. The number of hydrogen-bond donors (Lipinski definition) is 9. The molecule has 3 aliphatic carbocycles. The molecule has 32 heteroatoms. The van der Waals surface area contributed by atoms with Gasteiger partial charge in [-0.05, 0) is 97.7 Å². The van der Waals surface area contributed by atoms with Crippen molar-refractivity contribution >= 4 is 37.4 Å². The molecule has 2 amide bonds. The summed E-state index contributed by atoms with van der Waals surface area (Å²) in [4.78, 5) is 74.9. The Labute approximate surface area is 682 Å². The second-order valence-electron chi connectivity index (χ2n) is 33.4. The number of nitrogens with zero attached hydrogens (tertiary/aromatic N) is 3. The number of benzene rings is 1. The van der Waals surface area contributed by atoms with E-state index >= 15 is 9.46 Å². The average molecular weight is 1660 g/mol. The first-order chi connectivity index (χ1) is 55.2. The molecule has 1 unspecified atom stereocenters. The zero-order valence-electron chi connectivity index (χ0n) is 70.1. The zero-order valence-corrected chi connectivity index (χ0v) is 71.0. The number of aliphatic hydroxyl groups is 5. The van der Waals surface area contributed by atoms with Gasteiger partial charge in [-0.2, -0.15) is 0 Å². The van der Waals surface area contributed by atoms with Crippen molar-refractivity contribution in [3.63, 3.8) is 0 Å². The highest BCUT2D eigenvalue weighted by molar-refractivity contribution is 7.45. The van der Waals surface area contributed by atoms with Crippen LogP contribution in [0.2, 0.25) is 0 Å². The molecule has 0 aromatic heterocycles. The van der Waals surface area contributed by atoms with Crippen LogP contribution in [0.4, 0.5) is 10.5 Å². The number of fused-ring (bicyclic) bond motifs is 3. The lowest BCUT2D eigenvalue weighted by Gasteiger charge is -2.50. The van der Waals surface area contributed by atoms with Crippen LogP contribution in [-0.2, 0) is 75.3 Å². The topological polar surface area (TPSA) is 427 Å². The third kappa shape index (κ3) is 31.8. The van der Waals surface area contributed by atoms with E-state index in [9.17, 15) is 49.8 Å². The van der Waals surface area contributed by atoms with Crippen LogP contribution >= 0.6 is 7.82 Å². The molecule has 31 nitrogen and oxygen atoms in total. The van der Waals surface area contributed by atoms with Gasteiger partial charge in [0.2, 0.25) is 0 Å². The summed E-state index contributed by atoms with van der Waals surface area (Å²) in [7, 11) is -5.75. The van der Waals surface area contributed by atoms with Gasteiger partial charge in [0.15, 0.2) is 30.3 Å². The lowest BCUT2D eigenvalue weighted by atomic mass is 9.84. The molecule has 1 aromatic rings. The summed E-state index contributed by atoms with van der Waals surface area (Å²) >= 11 is 0. The van der Waals surface area contributed by atoms with Crippen LogP contribution in [0.15, 0.2) is 23.3 Å². The molecular weight excluding hydrogens is 1510 g/mol. The minimum atomic E-state index is -5.75. The number of carbonyl (C=O) groups is 4. The van der Waals surface area contributed by atoms with Crippen LogP contribution in [-0.4, -0.2) is 222 Å². The lowest BCUT2D eigenvalue weighted by Crippen LogP contribution is -3.11. The van der Waals surface area contributed by atoms with Crippen molar-refractivity contribution in [1.82, 2.24) is 10.6 Å². The number of quaternary nitrogens is 1. The lowest BCUT2D eigenvalue weighted by molar-refractivity contribution is -0.894. The average Bonchev–Trinajstić information content (AvgIpc) is 1.56. The van der Waals surface area contributed by atoms with E-state index < -0.39 is 185 Å². The standard InChI is InChI=1S/C77H128N5O25P.C6H15N/c1-6-8-10-12-14-16-18-20-22-24-26-28-32-38-57(85)95-49-52(97-58(86)39-33-29-27-25-23-21-19-17-15-13-11-9-7-2)50-96-108(93,94)107-70-65(66-67(103-76(102-66)42-34-30-35-43-76)68-69(70)105-77(104-68)44-36-31-37-45-77)101-72-59(80-74(92)106-75(3,4)5)61(88)64(100-73-63(90)62(89)60(87)56(48-83)99-73)55(98-72)47-79-71(91)53-41-40-51(81-82-78)46-54(53)84;1-4-7(5-2)6-3/h40-41,46,52,55-56,59-70,72-73,83-84,87-90H,6-39,42-45,47-50H2,1-5H3,(H,79,91)(H,80,92)(H,93,94);4-6H2,1-3H3/t52-,55-,56-,59-,60-,61-,62+,63+,64-,65-,66-,67+,68-,69-,70+,72-,73-;/m1./s1. The first-order valence-corrected chi connectivity index (χ1v) is 45.4. The van der Waals surface area contributed by atoms with Gasteiger partial charge in [-0.3, -0.25) is 18.9 Å². The van der Waals surface area contributed by atoms with E-state index in [1.807, 2.05) is 0 Å². The molecule has 4 aliphatic heterocycles. The highest BCUT2D eigenvalue weighted by Gasteiger charge is 2.69. The molecule has 0 bridgehead atoms. The Hall–Kier alpha value is -4.44. The normalized spacial score (nSPS) is 28.3. The Morgan fingerprint density at radius 3 is 1.55 bits per heavy atom. The molecule has 9 N–H and O–H groups in total. The monoisotopic (exact) mass is 1650 g/mol. The second kappa shape index (κ2) is 50.7. The first kappa shape index (κ1) is 97.7. The second-order valence-corrected chi connectivity index (χ2v) is 34.7. The summed E-state index contributed by atoms with van der Waals surface area (Å²) < 4.78 is 98.2. The molecule has 8 rings (SSSR count). The van der Waals surface area contributed by atoms with Gasteiger partial charge in [-0.25, -0.2) is 4.79 Å². The van der Waals surface area contributed by atoms with Gasteiger partial charge in [0.25, 0.3) is 13.7 Å². The van der Waals surface area contributed by atoms with Crippen LogP contribution in [0.5, 0.6) is 5.75 Å². The molecule has 660 valence electrons. The number of phenolic OH excluding ortho intramolecular Hbond substituents is 1. The van der Waals surface area contributed by atoms with E-state index in [0.717, 1.165) is 76.7 Å². The van der Waals surface area contributed by atoms with E-state index in [4.69, 9.17) is 66.7 Å². The van der Waals surface area contributed by atoms with Crippen LogP contribution < -0.4 is 20.4 Å². The maximum atomic E-state index is 15.1. The number of phenols is 1. The fraction of sp³-hybridized carbons (Fsp3) is 0.880. The Kier molecular flexibility index (Phi) is 43.1. The zero-order chi connectivity index (χ0) is 83.4. The quantitative estimate of drug-likeness (QED) is 0.00556. The number of alkyl carbamates (subject to hydrolysis) is 1. The van der Waals surface area contributed by atoms with Gasteiger partial charge >= 0.3 is 18.0 Å². The third-order valence-electron chi connectivity index (χ3n) is 23.1.